The van der Waals surface area contributed by atoms with Gasteiger partial charge in [0.1, 0.15) is 16.5 Å². The minimum atomic E-state index is -4.46. The first-order chi connectivity index (χ1) is 9.77. The van der Waals surface area contributed by atoms with Crippen LogP contribution in [0.25, 0.3) is 0 Å². The Morgan fingerprint density at radius 2 is 2.05 bits per heavy atom. The summed E-state index contributed by atoms with van der Waals surface area (Å²) in [5, 5.41) is 0.280. The fourth-order valence-corrected chi connectivity index (χ4v) is 1.63. The van der Waals surface area contributed by atoms with Gasteiger partial charge in [-0.15, -0.1) is 0 Å². The highest BCUT2D eigenvalue weighted by Crippen LogP contribution is 2.27. The Morgan fingerprint density at radius 3 is 2.62 bits per heavy atom. The van der Waals surface area contributed by atoms with Gasteiger partial charge in [-0.2, -0.15) is 13.2 Å². The van der Waals surface area contributed by atoms with Gasteiger partial charge in [-0.1, -0.05) is 11.6 Å². The third-order valence-electron chi connectivity index (χ3n) is 2.59. The Labute approximate surface area is 123 Å². The number of aryl methyl sites for hydroxylation is 1. The Bertz CT molecular complexity index is 681. The predicted octanol–water partition coefficient (Wildman–Crippen LogP) is 3.79. The van der Waals surface area contributed by atoms with Crippen LogP contribution < -0.4 is 5.73 Å². The van der Waals surface area contributed by atoms with Crippen LogP contribution in [0.1, 0.15) is 16.8 Å². The highest BCUT2D eigenvalue weighted by molar-refractivity contribution is 6.30. The number of hydrogen-bond acceptors (Lipinski definition) is 4. The van der Waals surface area contributed by atoms with Crippen LogP contribution in [-0.4, -0.2) is 16.2 Å². The summed E-state index contributed by atoms with van der Waals surface area (Å²) in [4.78, 5) is 11.3. The highest BCUT2D eigenvalue weighted by Gasteiger charge is 2.31. The van der Waals surface area contributed by atoms with E-state index in [9.17, 15) is 13.2 Å². The lowest BCUT2D eigenvalue weighted by Gasteiger charge is -2.05. The van der Waals surface area contributed by atoms with Crippen LogP contribution in [0.4, 0.5) is 24.7 Å². The molecule has 110 valence electrons. The van der Waals surface area contributed by atoms with Crippen molar-refractivity contribution in [2.45, 2.75) is 13.1 Å². The van der Waals surface area contributed by atoms with E-state index in [0.717, 1.165) is 12.3 Å². The number of aliphatic imine (C=N–C) groups is 1. The summed E-state index contributed by atoms with van der Waals surface area (Å²) in [6.07, 6.45) is -2.02. The zero-order valence-electron chi connectivity index (χ0n) is 10.8. The van der Waals surface area contributed by atoms with E-state index in [4.69, 9.17) is 17.3 Å². The fourth-order valence-electron chi connectivity index (χ4n) is 1.49. The Balaban J connectivity index is 2.24. The molecule has 0 aliphatic heterocycles. The number of nitrogens with zero attached hydrogens (tertiary/aromatic N) is 3. The second kappa shape index (κ2) is 5.69. The molecule has 0 amide bonds. The number of aromatic nitrogens is 2. The molecule has 2 rings (SSSR count). The van der Waals surface area contributed by atoms with Gasteiger partial charge in [0.15, 0.2) is 5.82 Å². The molecule has 2 heterocycles. The van der Waals surface area contributed by atoms with Gasteiger partial charge >= 0.3 is 6.18 Å². The van der Waals surface area contributed by atoms with Gasteiger partial charge in [-0.3, -0.25) is 9.98 Å². The van der Waals surface area contributed by atoms with E-state index >= 15 is 0 Å². The average Bonchev–Trinajstić information content (AvgIpc) is 2.41. The molecule has 0 spiro atoms. The van der Waals surface area contributed by atoms with Crippen LogP contribution in [0.3, 0.4) is 0 Å². The van der Waals surface area contributed by atoms with Crippen molar-refractivity contribution in [1.82, 2.24) is 9.97 Å². The molecule has 21 heavy (non-hydrogen) atoms. The number of anilines is 1. The normalized spacial score (nSPS) is 12.0. The molecule has 2 aromatic heterocycles. The fraction of sp³-hybridized carbons (Fsp3) is 0.154. The van der Waals surface area contributed by atoms with Crippen molar-refractivity contribution in [2.24, 2.45) is 4.99 Å². The lowest BCUT2D eigenvalue weighted by atomic mass is 10.2. The van der Waals surface area contributed by atoms with Crippen LogP contribution in [0.2, 0.25) is 5.15 Å². The zero-order valence-corrected chi connectivity index (χ0v) is 11.6. The summed E-state index contributed by atoms with van der Waals surface area (Å²) < 4.78 is 37.1. The lowest BCUT2D eigenvalue weighted by Crippen LogP contribution is -2.07. The van der Waals surface area contributed by atoms with E-state index in [1.807, 2.05) is 0 Å². The second-order valence-electron chi connectivity index (χ2n) is 4.23. The molecule has 0 aromatic carbocycles. The van der Waals surface area contributed by atoms with Crippen LogP contribution in [0.5, 0.6) is 0 Å². The molecule has 0 saturated heterocycles. The van der Waals surface area contributed by atoms with Crippen molar-refractivity contribution in [3.63, 3.8) is 0 Å². The molecule has 0 aliphatic carbocycles. The maximum Gasteiger partial charge on any atom is 0.433 e. The topological polar surface area (TPSA) is 64.2 Å². The Hall–Kier alpha value is -2.15. The summed E-state index contributed by atoms with van der Waals surface area (Å²) in [6, 6.07) is 3.79. The minimum absolute atomic E-state index is 0.140. The molecule has 0 bridgehead atoms. The van der Waals surface area contributed by atoms with Gasteiger partial charge in [-0.05, 0) is 30.7 Å². The van der Waals surface area contributed by atoms with E-state index in [0.29, 0.717) is 16.8 Å². The van der Waals surface area contributed by atoms with Gasteiger partial charge in [0.05, 0.1) is 0 Å². The molecule has 0 fully saturated rings. The first-order valence-corrected chi connectivity index (χ1v) is 6.15. The molecule has 4 nitrogen and oxygen atoms in total. The van der Waals surface area contributed by atoms with Crippen molar-refractivity contribution in [2.75, 3.05) is 5.73 Å². The maximum atomic E-state index is 12.4. The lowest BCUT2D eigenvalue weighted by molar-refractivity contribution is -0.141. The van der Waals surface area contributed by atoms with E-state index in [1.165, 1.54) is 12.3 Å². The molecular formula is C13H10ClF3N4. The molecule has 0 radical (unpaired) electrons. The van der Waals surface area contributed by atoms with E-state index in [2.05, 4.69) is 15.0 Å². The number of rotatable bonds is 2. The van der Waals surface area contributed by atoms with Gasteiger partial charge in [0.25, 0.3) is 0 Å². The number of alkyl halides is 3. The van der Waals surface area contributed by atoms with Crippen molar-refractivity contribution in [3.8, 4) is 0 Å². The summed E-state index contributed by atoms with van der Waals surface area (Å²) in [5.41, 5.74) is 6.20. The van der Waals surface area contributed by atoms with E-state index in [-0.39, 0.29) is 11.0 Å². The second-order valence-corrected chi connectivity index (χ2v) is 4.59. The highest BCUT2D eigenvalue weighted by atomic mass is 35.5. The monoisotopic (exact) mass is 314 g/mol. The van der Waals surface area contributed by atoms with Crippen LogP contribution >= 0.6 is 11.6 Å². The molecule has 2 N–H and O–H groups in total. The summed E-state index contributed by atoms with van der Waals surface area (Å²) >= 11 is 5.80. The van der Waals surface area contributed by atoms with Gasteiger partial charge in [0, 0.05) is 18.0 Å². The van der Waals surface area contributed by atoms with Crippen molar-refractivity contribution >= 4 is 29.3 Å². The molecule has 0 atom stereocenters. The number of halogens is 4. The van der Waals surface area contributed by atoms with Crippen molar-refractivity contribution < 1.29 is 13.2 Å². The molecule has 8 heteroatoms. The van der Waals surface area contributed by atoms with Crippen LogP contribution in [-0.2, 0) is 6.18 Å². The number of hydrogen-bond donors (Lipinski definition) is 1. The smallest absolute Gasteiger partial charge is 0.382 e. The molecule has 2 aromatic rings. The largest absolute Gasteiger partial charge is 0.433 e. The van der Waals surface area contributed by atoms with Crippen molar-refractivity contribution in [3.05, 3.63) is 46.4 Å². The van der Waals surface area contributed by atoms with Crippen molar-refractivity contribution in [1.29, 1.82) is 0 Å². The Morgan fingerprint density at radius 1 is 1.33 bits per heavy atom. The molecule has 0 saturated carbocycles. The maximum absolute atomic E-state index is 12.4. The SMILES string of the molecule is Cc1cc(N=Cc2ccc(C(F)(F)F)nc2)c(N)nc1Cl. The average molecular weight is 315 g/mol. The third kappa shape index (κ3) is 3.69. The van der Waals surface area contributed by atoms with Gasteiger partial charge in [-0.25, -0.2) is 4.98 Å². The minimum Gasteiger partial charge on any atom is -0.382 e. The predicted molar refractivity (Wildman–Crippen MR) is 74.9 cm³/mol. The third-order valence-corrected chi connectivity index (χ3v) is 2.97. The Kier molecular flexibility index (Phi) is 4.13. The molecular weight excluding hydrogens is 305 g/mol. The standard InChI is InChI=1S/C13H10ClF3N4/c1-7-4-9(12(18)21-11(7)14)19-5-8-2-3-10(20-6-8)13(15,16)17/h2-6H,1H3,(H2,18,21). The van der Waals surface area contributed by atoms with E-state index < -0.39 is 11.9 Å². The summed E-state index contributed by atoms with van der Waals surface area (Å²) in [6.45, 7) is 1.74. The summed E-state index contributed by atoms with van der Waals surface area (Å²) in [5.74, 6) is 0.140. The summed E-state index contributed by atoms with van der Waals surface area (Å²) in [7, 11) is 0. The van der Waals surface area contributed by atoms with Crippen LogP contribution in [0, 0.1) is 6.92 Å². The van der Waals surface area contributed by atoms with Crippen LogP contribution in [0.15, 0.2) is 29.4 Å². The molecule has 0 aliphatic rings. The first-order valence-electron chi connectivity index (χ1n) is 5.77. The zero-order chi connectivity index (χ0) is 15.6. The quantitative estimate of drug-likeness (QED) is 0.677. The number of nitrogen functional groups attached to an aromatic ring is 1. The molecule has 0 unspecified atom stereocenters. The van der Waals surface area contributed by atoms with Gasteiger partial charge in [0.2, 0.25) is 0 Å². The van der Waals surface area contributed by atoms with E-state index in [1.54, 1.807) is 13.0 Å². The first kappa shape index (κ1) is 15.2. The number of nitrogens with two attached hydrogens (primary N) is 1. The number of pyridine rings is 2. The van der Waals surface area contributed by atoms with Gasteiger partial charge < -0.3 is 5.73 Å².